The van der Waals surface area contributed by atoms with Crippen LogP contribution in [-0.4, -0.2) is 37.8 Å². The van der Waals surface area contributed by atoms with Crippen LogP contribution in [0.3, 0.4) is 0 Å². The minimum Gasteiger partial charge on any atom is -0.491 e. The summed E-state index contributed by atoms with van der Waals surface area (Å²) in [6, 6.07) is 13.8. The predicted molar refractivity (Wildman–Crippen MR) is 108 cm³/mol. The second-order valence-corrected chi connectivity index (χ2v) is 7.87. The molecule has 0 heterocycles. The summed E-state index contributed by atoms with van der Waals surface area (Å²) in [6.45, 7) is 1.04. The van der Waals surface area contributed by atoms with E-state index >= 15 is 0 Å². The molecule has 0 bridgehead atoms. The van der Waals surface area contributed by atoms with Gasteiger partial charge < -0.3 is 24.7 Å². The maximum absolute atomic E-state index is 12.2. The minimum absolute atomic E-state index is 0.275. The fraction of sp³-hybridized carbons (Fsp3) is 0.391. The molecule has 1 spiro atoms. The number of carbonyl (C=O) groups excluding carboxylic acids is 1. The van der Waals surface area contributed by atoms with Crippen LogP contribution in [0.2, 0.25) is 0 Å². The molecule has 0 aliphatic heterocycles. The average Bonchev–Trinajstić information content (AvgIpc) is 3.51. The Morgan fingerprint density at radius 3 is 2.45 bits per heavy atom. The van der Waals surface area contributed by atoms with E-state index < -0.39 is 11.6 Å². The van der Waals surface area contributed by atoms with E-state index in [-0.39, 0.29) is 5.41 Å². The molecule has 0 radical (unpaired) electrons. The highest BCUT2D eigenvalue weighted by molar-refractivity contribution is 5.81. The summed E-state index contributed by atoms with van der Waals surface area (Å²) < 4.78 is 10.6. The van der Waals surface area contributed by atoms with Gasteiger partial charge in [0, 0.05) is 12.5 Å². The summed E-state index contributed by atoms with van der Waals surface area (Å²) in [6.07, 6.45) is 3.05. The Morgan fingerprint density at radius 2 is 1.83 bits per heavy atom. The molecule has 4 rings (SSSR count). The largest absolute Gasteiger partial charge is 0.491 e. The number of ether oxygens (including phenoxy) is 2. The second-order valence-electron chi connectivity index (χ2n) is 7.87. The SMILES string of the molecule is COCCOc1ccc(-c2ccc3c(c2)CCC2(CC2)[C@]3(C=O)NC(=O)O)cc1. The first-order valence-corrected chi connectivity index (χ1v) is 9.87. The van der Waals surface area contributed by atoms with Crippen LogP contribution in [0.5, 0.6) is 5.75 Å². The summed E-state index contributed by atoms with van der Waals surface area (Å²) >= 11 is 0. The van der Waals surface area contributed by atoms with Crippen molar-refractivity contribution in [3.05, 3.63) is 53.6 Å². The van der Waals surface area contributed by atoms with Gasteiger partial charge in [0.1, 0.15) is 17.9 Å². The maximum atomic E-state index is 12.2. The number of benzene rings is 2. The summed E-state index contributed by atoms with van der Waals surface area (Å²) in [5.74, 6) is 0.782. The lowest BCUT2D eigenvalue weighted by molar-refractivity contribution is -0.116. The molecule has 2 aliphatic carbocycles. The highest BCUT2D eigenvalue weighted by atomic mass is 16.5. The number of carbonyl (C=O) groups is 2. The van der Waals surface area contributed by atoms with Gasteiger partial charge in [-0.3, -0.25) is 0 Å². The number of rotatable bonds is 7. The molecular weight excluding hydrogens is 370 g/mol. The minimum atomic E-state index is -1.16. The topological polar surface area (TPSA) is 84.9 Å². The van der Waals surface area contributed by atoms with Gasteiger partial charge in [-0.05, 0) is 60.1 Å². The van der Waals surface area contributed by atoms with Crippen molar-refractivity contribution < 1.29 is 24.2 Å². The first-order chi connectivity index (χ1) is 14.0. The molecule has 2 aliphatic rings. The zero-order valence-electron chi connectivity index (χ0n) is 16.4. The van der Waals surface area contributed by atoms with E-state index in [4.69, 9.17) is 9.47 Å². The number of carboxylic acid groups (broad SMARTS) is 1. The smallest absolute Gasteiger partial charge is 0.405 e. The zero-order chi connectivity index (χ0) is 20.5. The summed E-state index contributed by atoms with van der Waals surface area (Å²) in [5.41, 5.74) is 2.48. The monoisotopic (exact) mass is 395 g/mol. The van der Waals surface area contributed by atoms with Gasteiger partial charge in [0.2, 0.25) is 0 Å². The third-order valence-electron chi connectivity index (χ3n) is 6.32. The average molecular weight is 395 g/mol. The molecular formula is C23H25NO5. The van der Waals surface area contributed by atoms with Gasteiger partial charge in [-0.2, -0.15) is 0 Å². The third kappa shape index (κ3) is 3.38. The van der Waals surface area contributed by atoms with E-state index in [1.165, 1.54) is 0 Å². The summed E-state index contributed by atoms with van der Waals surface area (Å²) in [7, 11) is 1.64. The van der Waals surface area contributed by atoms with Crippen LogP contribution in [0.15, 0.2) is 42.5 Å². The van der Waals surface area contributed by atoms with Crippen LogP contribution in [0, 0.1) is 5.41 Å². The van der Waals surface area contributed by atoms with Crippen LogP contribution in [0.1, 0.15) is 30.4 Å². The molecule has 2 aromatic carbocycles. The van der Waals surface area contributed by atoms with Crippen molar-refractivity contribution >= 4 is 12.4 Å². The van der Waals surface area contributed by atoms with Crippen molar-refractivity contribution in [3.8, 4) is 16.9 Å². The van der Waals surface area contributed by atoms with Gasteiger partial charge in [0.15, 0.2) is 6.29 Å². The van der Waals surface area contributed by atoms with Crippen molar-refractivity contribution in [3.63, 3.8) is 0 Å². The van der Waals surface area contributed by atoms with E-state index in [1.807, 2.05) is 36.4 Å². The number of methoxy groups -OCH3 is 1. The van der Waals surface area contributed by atoms with E-state index in [0.717, 1.165) is 60.0 Å². The van der Waals surface area contributed by atoms with E-state index in [9.17, 15) is 14.7 Å². The Bertz CT molecular complexity index is 919. The molecule has 1 fully saturated rings. The molecule has 6 heteroatoms. The normalized spacial score (nSPS) is 21.3. The van der Waals surface area contributed by atoms with Gasteiger partial charge in [0.25, 0.3) is 0 Å². The van der Waals surface area contributed by atoms with Crippen molar-refractivity contribution in [2.45, 2.75) is 31.2 Å². The third-order valence-corrected chi connectivity index (χ3v) is 6.32. The Kier molecular flexibility index (Phi) is 5.04. The summed E-state index contributed by atoms with van der Waals surface area (Å²) in [5, 5.41) is 12.0. The number of aryl methyl sites for hydroxylation is 1. The lowest BCUT2D eigenvalue weighted by Gasteiger charge is -2.42. The van der Waals surface area contributed by atoms with Crippen LogP contribution >= 0.6 is 0 Å². The Balaban J connectivity index is 1.64. The first-order valence-electron chi connectivity index (χ1n) is 9.87. The Labute approximate surface area is 169 Å². The van der Waals surface area contributed by atoms with Crippen LogP contribution in [0.25, 0.3) is 11.1 Å². The Morgan fingerprint density at radius 1 is 1.10 bits per heavy atom. The summed E-state index contributed by atoms with van der Waals surface area (Å²) in [4.78, 5) is 23.7. The number of amides is 1. The molecule has 0 aromatic heterocycles. The molecule has 29 heavy (non-hydrogen) atoms. The molecule has 6 nitrogen and oxygen atoms in total. The fourth-order valence-electron chi connectivity index (χ4n) is 4.59. The number of aldehydes is 1. The molecule has 0 saturated heterocycles. The predicted octanol–water partition coefficient (Wildman–Crippen LogP) is 3.77. The number of hydrogen-bond donors (Lipinski definition) is 2. The van der Waals surface area contributed by atoms with Crippen molar-refractivity contribution in [1.29, 1.82) is 0 Å². The van der Waals surface area contributed by atoms with E-state index in [0.29, 0.717) is 13.2 Å². The van der Waals surface area contributed by atoms with Gasteiger partial charge in [-0.15, -0.1) is 0 Å². The molecule has 2 N–H and O–H groups in total. The highest BCUT2D eigenvalue weighted by Gasteiger charge is 2.63. The molecule has 1 amide bonds. The fourth-order valence-corrected chi connectivity index (χ4v) is 4.59. The van der Waals surface area contributed by atoms with Crippen molar-refractivity contribution in [1.82, 2.24) is 5.32 Å². The molecule has 1 atom stereocenters. The maximum Gasteiger partial charge on any atom is 0.405 e. The van der Waals surface area contributed by atoms with Gasteiger partial charge in [-0.1, -0.05) is 30.3 Å². The van der Waals surface area contributed by atoms with Crippen LogP contribution in [0.4, 0.5) is 4.79 Å². The number of fused-ring (bicyclic) bond motifs is 1. The molecule has 1 saturated carbocycles. The first kappa shape index (κ1) is 19.5. The molecule has 0 unspecified atom stereocenters. The standard InChI is InChI=1S/C23H25NO5/c1-28-12-13-29-19-5-2-16(3-6-19)17-4-7-20-18(14-17)8-9-22(10-11-22)23(20,15-25)24-21(26)27/h2-7,14-15,24H,8-13H2,1H3,(H,26,27)/t23-/m1/s1. The lowest BCUT2D eigenvalue weighted by atomic mass is 9.67. The second kappa shape index (κ2) is 7.52. The lowest BCUT2D eigenvalue weighted by Crippen LogP contribution is -2.55. The van der Waals surface area contributed by atoms with E-state index in [1.54, 1.807) is 7.11 Å². The Hall–Kier alpha value is -2.86. The number of nitrogens with one attached hydrogen (secondary N) is 1. The van der Waals surface area contributed by atoms with Crippen molar-refractivity contribution in [2.75, 3.05) is 20.3 Å². The van der Waals surface area contributed by atoms with Gasteiger partial charge in [-0.25, -0.2) is 4.79 Å². The van der Waals surface area contributed by atoms with Gasteiger partial charge in [0.05, 0.1) is 6.61 Å². The van der Waals surface area contributed by atoms with Gasteiger partial charge >= 0.3 is 6.09 Å². The van der Waals surface area contributed by atoms with E-state index in [2.05, 4.69) is 11.4 Å². The molecule has 2 aromatic rings. The van der Waals surface area contributed by atoms with Crippen molar-refractivity contribution in [2.24, 2.45) is 5.41 Å². The van der Waals surface area contributed by atoms with Crippen LogP contribution < -0.4 is 10.1 Å². The molecule has 152 valence electrons. The van der Waals surface area contributed by atoms with Crippen LogP contribution in [-0.2, 0) is 21.5 Å². The quantitative estimate of drug-likeness (QED) is 0.551. The highest BCUT2D eigenvalue weighted by Crippen LogP contribution is 2.63. The zero-order valence-corrected chi connectivity index (χ0v) is 16.4. The number of hydrogen-bond acceptors (Lipinski definition) is 4.